The van der Waals surface area contributed by atoms with Crippen LogP contribution in [0.2, 0.25) is 0 Å². The summed E-state index contributed by atoms with van der Waals surface area (Å²) >= 11 is 0. The average Bonchev–Trinajstić information content (AvgIpc) is 2.80. The fraction of sp³-hybridized carbons (Fsp3) is 0.280. The zero-order valence-electron chi connectivity index (χ0n) is 18.9. The van der Waals surface area contributed by atoms with Gasteiger partial charge in [-0.15, -0.1) is 0 Å². The fourth-order valence-electron chi connectivity index (χ4n) is 3.29. The van der Waals surface area contributed by atoms with E-state index < -0.39 is 18.2 Å². The number of rotatable bonds is 8. The van der Waals surface area contributed by atoms with E-state index in [1.807, 2.05) is 39.0 Å². The quantitative estimate of drug-likeness (QED) is 0.301. The molecule has 0 bridgehead atoms. The number of urea groups is 1. The summed E-state index contributed by atoms with van der Waals surface area (Å²) in [4.78, 5) is 33.0. The molecule has 0 saturated heterocycles. The van der Waals surface area contributed by atoms with Gasteiger partial charge in [-0.05, 0) is 49.1 Å². The number of hydrogen-bond donors (Lipinski definition) is 4. The molecule has 4 N–H and O–H groups in total. The van der Waals surface area contributed by atoms with Crippen LogP contribution in [-0.4, -0.2) is 38.3 Å². The standard InChI is InChI=1S/C25H28N4O4/c1-4-17(23(31)32)12-22(30)19-8-6-18(7-9-19)20-13-26-24(27-14-20)29-25(33)28-21-10-5-15(2)16(3)11-21/h5-11,13-14,17,23,31-32H,4,12H2,1-3H3,(H2,26,27,28,29,33). The largest absolute Gasteiger partial charge is 0.368 e. The smallest absolute Gasteiger partial charge is 0.326 e. The molecule has 2 amide bonds. The maximum atomic E-state index is 12.4. The molecule has 1 aromatic heterocycles. The Bertz CT molecular complexity index is 1110. The van der Waals surface area contributed by atoms with Crippen molar-refractivity contribution >= 4 is 23.5 Å². The number of aliphatic hydroxyl groups excluding tert-OH is 1. The first kappa shape index (κ1) is 24.0. The van der Waals surface area contributed by atoms with Crippen molar-refractivity contribution in [3.8, 4) is 11.1 Å². The minimum atomic E-state index is -1.51. The van der Waals surface area contributed by atoms with Gasteiger partial charge in [-0.2, -0.15) is 0 Å². The van der Waals surface area contributed by atoms with Crippen LogP contribution in [0, 0.1) is 19.8 Å². The van der Waals surface area contributed by atoms with Gasteiger partial charge in [0, 0.05) is 41.5 Å². The van der Waals surface area contributed by atoms with Gasteiger partial charge in [0.1, 0.15) is 0 Å². The Hall–Kier alpha value is -3.62. The molecule has 1 atom stereocenters. The summed E-state index contributed by atoms with van der Waals surface area (Å²) in [6, 6.07) is 12.2. The van der Waals surface area contributed by atoms with Gasteiger partial charge in [-0.1, -0.05) is 37.3 Å². The van der Waals surface area contributed by atoms with Crippen molar-refractivity contribution in [3.05, 3.63) is 71.5 Å². The van der Waals surface area contributed by atoms with Gasteiger partial charge < -0.3 is 15.5 Å². The lowest BCUT2D eigenvalue weighted by Gasteiger charge is -2.15. The highest BCUT2D eigenvalue weighted by molar-refractivity contribution is 5.99. The molecule has 2 aromatic carbocycles. The summed E-state index contributed by atoms with van der Waals surface area (Å²) in [7, 11) is 0. The number of carbonyl (C=O) groups is 2. The number of hydrogen-bond acceptors (Lipinski definition) is 6. The molecule has 33 heavy (non-hydrogen) atoms. The lowest BCUT2D eigenvalue weighted by atomic mass is 9.95. The Morgan fingerprint density at radius 1 is 0.909 bits per heavy atom. The Morgan fingerprint density at radius 2 is 1.58 bits per heavy atom. The molecule has 172 valence electrons. The Labute approximate surface area is 192 Å². The molecule has 0 aliphatic carbocycles. The van der Waals surface area contributed by atoms with E-state index in [1.165, 1.54) is 0 Å². The van der Waals surface area contributed by atoms with Crippen LogP contribution < -0.4 is 10.6 Å². The molecule has 0 saturated carbocycles. The second-order valence-electron chi connectivity index (χ2n) is 7.96. The predicted octanol–water partition coefficient (Wildman–Crippen LogP) is 4.31. The van der Waals surface area contributed by atoms with E-state index >= 15 is 0 Å². The van der Waals surface area contributed by atoms with Crippen molar-refractivity contribution in [2.24, 2.45) is 5.92 Å². The summed E-state index contributed by atoms with van der Waals surface area (Å²) in [5, 5.41) is 24.0. The van der Waals surface area contributed by atoms with Crippen molar-refractivity contribution in [1.29, 1.82) is 0 Å². The number of ketones is 1. The lowest BCUT2D eigenvalue weighted by Crippen LogP contribution is -2.22. The average molecular weight is 449 g/mol. The Kier molecular flexibility index (Phi) is 7.87. The number of nitrogens with zero attached hydrogens (tertiary/aromatic N) is 2. The second kappa shape index (κ2) is 10.8. The number of nitrogens with one attached hydrogen (secondary N) is 2. The van der Waals surface area contributed by atoms with Crippen LogP contribution >= 0.6 is 0 Å². The normalized spacial score (nSPS) is 11.8. The molecule has 0 radical (unpaired) electrons. The number of aryl methyl sites for hydroxylation is 2. The molecule has 0 aliphatic heterocycles. The van der Waals surface area contributed by atoms with Crippen LogP contribution in [0.25, 0.3) is 11.1 Å². The summed E-state index contributed by atoms with van der Waals surface area (Å²) in [5.41, 5.74) is 4.95. The van der Waals surface area contributed by atoms with E-state index in [0.29, 0.717) is 17.7 Å². The summed E-state index contributed by atoms with van der Waals surface area (Å²) in [6.45, 7) is 5.79. The molecule has 0 aliphatic rings. The second-order valence-corrected chi connectivity index (χ2v) is 7.96. The first-order chi connectivity index (χ1) is 15.8. The maximum absolute atomic E-state index is 12.4. The molecule has 3 rings (SSSR count). The minimum Gasteiger partial charge on any atom is -0.368 e. The monoisotopic (exact) mass is 448 g/mol. The highest BCUT2D eigenvalue weighted by atomic mass is 16.5. The molecule has 3 aromatic rings. The third kappa shape index (κ3) is 6.44. The number of amides is 2. The van der Waals surface area contributed by atoms with E-state index in [4.69, 9.17) is 0 Å². The summed E-state index contributed by atoms with van der Waals surface area (Å²) in [6.07, 6.45) is 2.24. The number of benzene rings is 2. The van der Waals surface area contributed by atoms with E-state index in [-0.39, 0.29) is 18.2 Å². The lowest BCUT2D eigenvalue weighted by molar-refractivity contribution is -0.0842. The third-order valence-corrected chi connectivity index (χ3v) is 5.58. The number of carbonyl (C=O) groups excluding carboxylic acids is 2. The van der Waals surface area contributed by atoms with Crippen LogP contribution in [0.3, 0.4) is 0 Å². The van der Waals surface area contributed by atoms with Crippen LogP contribution in [0.4, 0.5) is 16.4 Å². The first-order valence-electron chi connectivity index (χ1n) is 10.7. The molecule has 8 nitrogen and oxygen atoms in total. The highest BCUT2D eigenvalue weighted by Gasteiger charge is 2.19. The van der Waals surface area contributed by atoms with Crippen molar-refractivity contribution in [2.45, 2.75) is 39.9 Å². The summed E-state index contributed by atoms with van der Waals surface area (Å²) in [5.74, 6) is -0.468. The van der Waals surface area contributed by atoms with Gasteiger partial charge in [-0.3, -0.25) is 10.1 Å². The first-order valence-corrected chi connectivity index (χ1v) is 10.7. The molecular formula is C25H28N4O4. The zero-order chi connectivity index (χ0) is 24.0. The zero-order valence-corrected chi connectivity index (χ0v) is 18.9. The molecule has 8 heteroatoms. The molecule has 0 spiro atoms. The number of Topliss-reactive ketones (excluding diaryl/α,β-unsaturated/α-hetero) is 1. The Balaban J connectivity index is 1.60. The van der Waals surface area contributed by atoms with Crippen molar-refractivity contribution in [1.82, 2.24) is 9.97 Å². The fourth-order valence-corrected chi connectivity index (χ4v) is 3.29. The summed E-state index contributed by atoms with van der Waals surface area (Å²) < 4.78 is 0. The van der Waals surface area contributed by atoms with Gasteiger partial charge in [0.2, 0.25) is 5.95 Å². The van der Waals surface area contributed by atoms with Crippen LogP contribution in [0.15, 0.2) is 54.9 Å². The maximum Gasteiger partial charge on any atom is 0.326 e. The highest BCUT2D eigenvalue weighted by Crippen LogP contribution is 2.21. The van der Waals surface area contributed by atoms with E-state index in [1.54, 1.807) is 36.7 Å². The molecule has 0 fully saturated rings. The SMILES string of the molecule is CCC(CC(=O)c1ccc(-c2cnc(NC(=O)Nc3ccc(C)c(C)c3)nc2)cc1)C(O)O. The van der Waals surface area contributed by atoms with Crippen molar-refractivity contribution < 1.29 is 19.8 Å². The molecule has 1 unspecified atom stereocenters. The van der Waals surface area contributed by atoms with Crippen LogP contribution in [-0.2, 0) is 0 Å². The number of aromatic nitrogens is 2. The Morgan fingerprint density at radius 3 is 2.15 bits per heavy atom. The molecular weight excluding hydrogens is 420 g/mol. The van der Waals surface area contributed by atoms with Crippen molar-refractivity contribution in [2.75, 3.05) is 10.6 Å². The predicted molar refractivity (Wildman–Crippen MR) is 127 cm³/mol. The third-order valence-electron chi connectivity index (χ3n) is 5.58. The van der Waals surface area contributed by atoms with Gasteiger partial charge in [-0.25, -0.2) is 14.8 Å². The van der Waals surface area contributed by atoms with Gasteiger partial charge in [0.15, 0.2) is 12.1 Å². The van der Waals surface area contributed by atoms with Gasteiger partial charge in [0.25, 0.3) is 0 Å². The number of aliphatic hydroxyl groups is 2. The van der Waals surface area contributed by atoms with E-state index in [0.717, 1.165) is 22.3 Å². The van der Waals surface area contributed by atoms with E-state index in [9.17, 15) is 19.8 Å². The van der Waals surface area contributed by atoms with Crippen LogP contribution in [0.5, 0.6) is 0 Å². The van der Waals surface area contributed by atoms with Gasteiger partial charge in [0.05, 0.1) is 0 Å². The van der Waals surface area contributed by atoms with Crippen molar-refractivity contribution in [3.63, 3.8) is 0 Å². The van der Waals surface area contributed by atoms with Gasteiger partial charge >= 0.3 is 6.03 Å². The molecule has 1 heterocycles. The topological polar surface area (TPSA) is 124 Å². The van der Waals surface area contributed by atoms with E-state index in [2.05, 4.69) is 20.6 Å². The van der Waals surface area contributed by atoms with Crippen LogP contribution in [0.1, 0.15) is 41.3 Å². The number of anilines is 2. The minimum absolute atomic E-state index is 0.0706.